The van der Waals surface area contributed by atoms with Gasteiger partial charge in [-0.05, 0) is 38.0 Å². The standard InChI is InChI=1S/C15H16ClN3O3S2/c1-10-9-23-15(17-10)18-14(20)12-8-11(4-5-13(12)16)24(21,22)19-6-2-3-7-19/h4-5,8-9H,2-3,6-7H2,1H3,(H,17,18,20). The minimum absolute atomic E-state index is 0.0780. The Morgan fingerprint density at radius 3 is 2.67 bits per heavy atom. The number of aryl methyl sites for hydroxylation is 1. The van der Waals surface area contributed by atoms with E-state index in [-0.39, 0.29) is 15.5 Å². The van der Waals surface area contributed by atoms with E-state index in [1.54, 1.807) is 0 Å². The maximum Gasteiger partial charge on any atom is 0.259 e. The molecule has 1 aromatic heterocycles. The predicted octanol–water partition coefficient (Wildman–Crippen LogP) is 3.14. The number of hydrogen-bond acceptors (Lipinski definition) is 5. The predicted molar refractivity (Wildman–Crippen MR) is 94.2 cm³/mol. The fraction of sp³-hybridized carbons (Fsp3) is 0.333. The monoisotopic (exact) mass is 385 g/mol. The minimum Gasteiger partial charge on any atom is -0.298 e. The number of carbonyl (C=O) groups is 1. The lowest BCUT2D eigenvalue weighted by atomic mass is 10.2. The minimum atomic E-state index is -3.60. The number of nitrogens with zero attached hydrogens (tertiary/aromatic N) is 2. The first-order chi connectivity index (χ1) is 11.4. The van der Waals surface area contributed by atoms with Crippen molar-refractivity contribution >= 4 is 44.0 Å². The number of sulfonamides is 1. The van der Waals surface area contributed by atoms with Crippen LogP contribution in [-0.4, -0.2) is 36.7 Å². The largest absolute Gasteiger partial charge is 0.298 e. The molecule has 1 N–H and O–H groups in total. The van der Waals surface area contributed by atoms with Gasteiger partial charge in [0, 0.05) is 18.5 Å². The summed E-state index contributed by atoms with van der Waals surface area (Å²) < 4.78 is 26.7. The molecule has 128 valence electrons. The summed E-state index contributed by atoms with van der Waals surface area (Å²) in [4.78, 5) is 16.6. The van der Waals surface area contributed by atoms with Crippen molar-refractivity contribution in [3.8, 4) is 0 Å². The number of benzene rings is 1. The highest BCUT2D eigenvalue weighted by Gasteiger charge is 2.28. The summed E-state index contributed by atoms with van der Waals surface area (Å²) in [6.07, 6.45) is 1.70. The smallest absolute Gasteiger partial charge is 0.259 e. The van der Waals surface area contributed by atoms with Crippen LogP contribution in [0.25, 0.3) is 0 Å². The zero-order chi connectivity index (χ0) is 17.3. The molecule has 0 unspecified atom stereocenters. The Morgan fingerprint density at radius 2 is 2.04 bits per heavy atom. The van der Waals surface area contributed by atoms with Gasteiger partial charge in [0.1, 0.15) is 0 Å². The number of nitrogens with one attached hydrogen (secondary N) is 1. The summed E-state index contributed by atoms with van der Waals surface area (Å²) in [5, 5.41) is 5.10. The molecule has 0 spiro atoms. The quantitative estimate of drug-likeness (QED) is 0.876. The highest BCUT2D eigenvalue weighted by molar-refractivity contribution is 7.89. The van der Waals surface area contributed by atoms with Gasteiger partial charge in [0.15, 0.2) is 5.13 Å². The van der Waals surface area contributed by atoms with Gasteiger partial charge in [-0.25, -0.2) is 13.4 Å². The Labute approximate surface area is 149 Å². The fourth-order valence-electron chi connectivity index (χ4n) is 2.49. The topological polar surface area (TPSA) is 79.4 Å². The summed E-state index contributed by atoms with van der Waals surface area (Å²) in [5.41, 5.74) is 0.913. The van der Waals surface area contributed by atoms with Crippen molar-refractivity contribution < 1.29 is 13.2 Å². The molecule has 1 amide bonds. The van der Waals surface area contributed by atoms with E-state index in [1.165, 1.54) is 33.8 Å². The van der Waals surface area contributed by atoms with Gasteiger partial charge in [-0.1, -0.05) is 11.6 Å². The second kappa shape index (κ2) is 6.79. The zero-order valence-corrected chi connectivity index (χ0v) is 15.3. The molecule has 2 aromatic rings. The van der Waals surface area contributed by atoms with Gasteiger partial charge in [0.05, 0.1) is 21.2 Å². The van der Waals surface area contributed by atoms with E-state index in [0.29, 0.717) is 18.2 Å². The first-order valence-corrected chi connectivity index (χ1v) is 10.1. The van der Waals surface area contributed by atoms with E-state index in [9.17, 15) is 13.2 Å². The molecule has 3 rings (SSSR count). The van der Waals surface area contributed by atoms with Crippen LogP contribution in [0.1, 0.15) is 28.9 Å². The van der Waals surface area contributed by atoms with Gasteiger partial charge in [0.2, 0.25) is 10.0 Å². The van der Waals surface area contributed by atoms with Crippen LogP contribution in [0.3, 0.4) is 0 Å². The second-order valence-corrected chi connectivity index (χ2v) is 8.70. The molecular formula is C15H16ClN3O3S2. The molecule has 6 nitrogen and oxygen atoms in total. The molecule has 1 aromatic carbocycles. The molecule has 0 atom stereocenters. The second-order valence-electron chi connectivity index (χ2n) is 5.50. The summed E-state index contributed by atoms with van der Waals surface area (Å²) in [5.74, 6) is -0.479. The number of amides is 1. The highest BCUT2D eigenvalue weighted by atomic mass is 35.5. The van der Waals surface area contributed by atoms with Crippen molar-refractivity contribution in [3.63, 3.8) is 0 Å². The van der Waals surface area contributed by atoms with Crippen LogP contribution in [-0.2, 0) is 10.0 Å². The third kappa shape index (κ3) is 3.46. The Balaban J connectivity index is 1.90. The molecule has 0 aliphatic carbocycles. The lowest BCUT2D eigenvalue weighted by Crippen LogP contribution is -2.28. The van der Waals surface area contributed by atoms with Crippen molar-refractivity contribution in [1.82, 2.24) is 9.29 Å². The molecule has 0 saturated carbocycles. The normalized spacial score (nSPS) is 15.6. The van der Waals surface area contributed by atoms with Gasteiger partial charge in [0.25, 0.3) is 5.91 Å². The molecule has 1 aliphatic rings. The molecule has 0 bridgehead atoms. The highest BCUT2D eigenvalue weighted by Crippen LogP contribution is 2.26. The van der Waals surface area contributed by atoms with Crippen LogP contribution < -0.4 is 5.32 Å². The lowest BCUT2D eigenvalue weighted by Gasteiger charge is -2.16. The van der Waals surface area contributed by atoms with Crippen LogP contribution in [0.4, 0.5) is 5.13 Å². The van der Waals surface area contributed by atoms with Gasteiger partial charge in [-0.2, -0.15) is 4.31 Å². The molecular weight excluding hydrogens is 370 g/mol. The van der Waals surface area contributed by atoms with Crippen molar-refractivity contribution in [2.75, 3.05) is 18.4 Å². The Bertz CT molecular complexity index is 874. The molecule has 0 radical (unpaired) electrons. The lowest BCUT2D eigenvalue weighted by molar-refractivity contribution is 0.102. The number of aromatic nitrogens is 1. The fourth-order valence-corrected chi connectivity index (χ4v) is 4.92. The van der Waals surface area contributed by atoms with Crippen LogP contribution in [0.5, 0.6) is 0 Å². The first kappa shape index (κ1) is 17.3. The average molecular weight is 386 g/mol. The van der Waals surface area contributed by atoms with E-state index in [2.05, 4.69) is 10.3 Å². The average Bonchev–Trinajstić information content (AvgIpc) is 3.19. The number of halogens is 1. The molecule has 1 saturated heterocycles. The molecule has 1 fully saturated rings. The van der Waals surface area contributed by atoms with E-state index in [4.69, 9.17) is 11.6 Å². The van der Waals surface area contributed by atoms with Gasteiger partial charge < -0.3 is 0 Å². The summed E-state index contributed by atoms with van der Waals surface area (Å²) >= 11 is 7.38. The number of carbonyl (C=O) groups excluding carboxylic acids is 1. The summed E-state index contributed by atoms with van der Waals surface area (Å²) in [6, 6.07) is 4.19. The molecule has 9 heteroatoms. The van der Waals surface area contributed by atoms with Gasteiger partial charge in [-0.15, -0.1) is 11.3 Å². The van der Waals surface area contributed by atoms with Crippen molar-refractivity contribution in [2.45, 2.75) is 24.7 Å². The summed E-state index contributed by atoms with van der Waals surface area (Å²) in [6.45, 7) is 2.83. The third-order valence-electron chi connectivity index (χ3n) is 3.72. The first-order valence-electron chi connectivity index (χ1n) is 7.41. The van der Waals surface area contributed by atoms with Crippen molar-refractivity contribution in [2.24, 2.45) is 0 Å². The van der Waals surface area contributed by atoms with Gasteiger partial charge in [-0.3, -0.25) is 10.1 Å². The van der Waals surface area contributed by atoms with Crippen molar-refractivity contribution in [3.05, 3.63) is 39.9 Å². The number of hydrogen-bond donors (Lipinski definition) is 1. The van der Waals surface area contributed by atoms with Gasteiger partial charge >= 0.3 is 0 Å². The Morgan fingerprint density at radius 1 is 1.33 bits per heavy atom. The maximum absolute atomic E-state index is 12.6. The van der Waals surface area contributed by atoms with Crippen LogP contribution in [0.15, 0.2) is 28.5 Å². The molecule has 2 heterocycles. The molecule has 24 heavy (non-hydrogen) atoms. The Hall–Kier alpha value is -1.48. The van der Waals surface area contributed by atoms with Crippen LogP contribution in [0.2, 0.25) is 5.02 Å². The Kier molecular flexibility index (Phi) is 4.91. The number of rotatable bonds is 4. The SMILES string of the molecule is Cc1csc(NC(=O)c2cc(S(=O)(=O)N3CCCC3)ccc2Cl)n1. The maximum atomic E-state index is 12.6. The zero-order valence-electron chi connectivity index (χ0n) is 13.0. The number of anilines is 1. The van der Waals surface area contributed by atoms with Crippen LogP contribution in [0, 0.1) is 6.92 Å². The third-order valence-corrected chi connectivity index (χ3v) is 6.82. The number of thiazole rings is 1. The van der Waals surface area contributed by atoms with E-state index < -0.39 is 15.9 Å². The van der Waals surface area contributed by atoms with E-state index >= 15 is 0 Å². The van der Waals surface area contributed by atoms with Crippen molar-refractivity contribution in [1.29, 1.82) is 0 Å². The van der Waals surface area contributed by atoms with E-state index in [1.807, 2.05) is 12.3 Å². The molecule has 1 aliphatic heterocycles. The van der Waals surface area contributed by atoms with Crippen LogP contribution >= 0.6 is 22.9 Å². The summed E-state index contributed by atoms with van der Waals surface area (Å²) in [7, 11) is -3.60. The van der Waals surface area contributed by atoms with E-state index in [0.717, 1.165) is 18.5 Å².